The van der Waals surface area contributed by atoms with E-state index in [1.165, 1.54) is 19.2 Å². The number of likely N-dealkylation sites (N-methyl/N-ethyl adjacent to an activating group) is 1. The van der Waals surface area contributed by atoms with Crippen molar-refractivity contribution in [2.24, 2.45) is 0 Å². The van der Waals surface area contributed by atoms with Crippen molar-refractivity contribution in [1.29, 1.82) is 0 Å². The summed E-state index contributed by atoms with van der Waals surface area (Å²) in [5.74, 6) is -0.773. The van der Waals surface area contributed by atoms with E-state index in [0.717, 1.165) is 6.54 Å². The van der Waals surface area contributed by atoms with Crippen LogP contribution in [0.25, 0.3) is 0 Å². The number of hydrogen-bond acceptors (Lipinski definition) is 4. The van der Waals surface area contributed by atoms with Gasteiger partial charge < -0.3 is 9.64 Å². The highest BCUT2D eigenvalue weighted by atomic mass is 79.9. The smallest absolute Gasteiger partial charge is 0.330 e. The standard InChI is InChI=1S/C14H20BrFN2O2/c1-14(13(19)20-4,17-7-8-18(2)3)11-6-5-10(16)9-12(11)15/h5-6,9,17H,7-8H2,1-4H3. The number of methoxy groups -OCH3 is 1. The van der Waals surface area contributed by atoms with Crippen molar-refractivity contribution in [2.75, 3.05) is 34.3 Å². The third kappa shape index (κ3) is 4.01. The average Bonchev–Trinajstić information content (AvgIpc) is 2.36. The summed E-state index contributed by atoms with van der Waals surface area (Å²) >= 11 is 3.30. The summed E-state index contributed by atoms with van der Waals surface area (Å²) in [4.78, 5) is 14.1. The quantitative estimate of drug-likeness (QED) is 0.801. The van der Waals surface area contributed by atoms with Gasteiger partial charge in [-0.2, -0.15) is 0 Å². The number of rotatable bonds is 6. The van der Waals surface area contributed by atoms with Gasteiger partial charge in [0.2, 0.25) is 0 Å². The molecule has 6 heteroatoms. The monoisotopic (exact) mass is 346 g/mol. The van der Waals surface area contributed by atoms with E-state index in [0.29, 0.717) is 16.6 Å². The molecule has 0 heterocycles. The van der Waals surface area contributed by atoms with Crippen LogP contribution >= 0.6 is 15.9 Å². The highest BCUT2D eigenvalue weighted by molar-refractivity contribution is 9.10. The molecule has 0 bridgehead atoms. The molecule has 4 nitrogen and oxygen atoms in total. The van der Waals surface area contributed by atoms with Crippen molar-refractivity contribution in [3.05, 3.63) is 34.1 Å². The number of ether oxygens (including phenoxy) is 1. The second kappa shape index (κ2) is 7.15. The minimum absolute atomic E-state index is 0.360. The van der Waals surface area contributed by atoms with Gasteiger partial charge in [0.1, 0.15) is 11.4 Å². The Labute approximate surface area is 127 Å². The van der Waals surface area contributed by atoms with E-state index in [1.807, 2.05) is 19.0 Å². The Balaban J connectivity index is 3.07. The fraction of sp³-hybridized carbons (Fsp3) is 0.500. The molecule has 0 aliphatic carbocycles. The summed E-state index contributed by atoms with van der Waals surface area (Å²) in [6.07, 6.45) is 0. The molecule has 0 fully saturated rings. The lowest BCUT2D eigenvalue weighted by atomic mass is 9.92. The second-order valence-corrected chi connectivity index (χ2v) is 5.83. The van der Waals surface area contributed by atoms with Crippen molar-refractivity contribution >= 4 is 21.9 Å². The molecular weight excluding hydrogens is 327 g/mol. The van der Waals surface area contributed by atoms with Gasteiger partial charge in [-0.3, -0.25) is 5.32 Å². The lowest BCUT2D eigenvalue weighted by Crippen LogP contribution is -2.49. The van der Waals surface area contributed by atoms with Crippen LogP contribution in [-0.4, -0.2) is 45.2 Å². The Morgan fingerprint density at radius 3 is 2.65 bits per heavy atom. The molecule has 0 aromatic heterocycles. The molecule has 0 saturated carbocycles. The maximum absolute atomic E-state index is 13.2. The fourth-order valence-electron chi connectivity index (χ4n) is 1.91. The SMILES string of the molecule is COC(=O)C(C)(NCCN(C)C)c1ccc(F)cc1Br. The van der Waals surface area contributed by atoms with Crippen LogP contribution < -0.4 is 5.32 Å². The topological polar surface area (TPSA) is 41.6 Å². The van der Waals surface area contributed by atoms with Gasteiger partial charge in [0.25, 0.3) is 0 Å². The highest BCUT2D eigenvalue weighted by Crippen LogP contribution is 2.30. The number of carbonyl (C=O) groups is 1. The molecule has 20 heavy (non-hydrogen) atoms. The molecule has 0 aliphatic heterocycles. The highest BCUT2D eigenvalue weighted by Gasteiger charge is 2.37. The normalized spacial score (nSPS) is 14.2. The van der Waals surface area contributed by atoms with E-state index in [9.17, 15) is 9.18 Å². The van der Waals surface area contributed by atoms with E-state index in [2.05, 4.69) is 21.2 Å². The van der Waals surface area contributed by atoms with E-state index in [4.69, 9.17) is 4.74 Å². The molecule has 112 valence electrons. The zero-order valence-electron chi connectivity index (χ0n) is 12.2. The Kier molecular flexibility index (Phi) is 6.10. The van der Waals surface area contributed by atoms with E-state index in [1.54, 1.807) is 13.0 Å². The first-order valence-corrected chi connectivity index (χ1v) is 7.04. The van der Waals surface area contributed by atoms with E-state index < -0.39 is 11.5 Å². The van der Waals surface area contributed by atoms with Crippen molar-refractivity contribution in [3.8, 4) is 0 Å². The lowest BCUT2D eigenvalue weighted by Gasteiger charge is -2.30. The number of halogens is 2. The first-order valence-electron chi connectivity index (χ1n) is 6.25. The first kappa shape index (κ1) is 17.1. The zero-order valence-corrected chi connectivity index (χ0v) is 13.8. The van der Waals surface area contributed by atoms with Crippen molar-refractivity contribution in [2.45, 2.75) is 12.5 Å². The number of nitrogens with zero attached hydrogens (tertiary/aromatic N) is 1. The van der Waals surface area contributed by atoms with E-state index >= 15 is 0 Å². The molecule has 1 aromatic carbocycles. The summed E-state index contributed by atoms with van der Waals surface area (Å²) in [6, 6.07) is 4.25. The number of nitrogens with one attached hydrogen (secondary N) is 1. The Morgan fingerprint density at radius 1 is 1.50 bits per heavy atom. The maximum atomic E-state index is 13.2. The predicted molar refractivity (Wildman–Crippen MR) is 80.0 cm³/mol. The van der Waals surface area contributed by atoms with Crippen LogP contribution in [-0.2, 0) is 15.1 Å². The third-order valence-electron chi connectivity index (χ3n) is 3.10. The molecule has 0 radical (unpaired) electrons. The fourth-order valence-corrected chi connectivity index (χ4v) is 2.65. The minimum atomic E-state index is -1.03. The molecule has 1 unspecified atom stereocenters. The van der Waals surface area contributed by atoms with Gasteiger partial charge in [-0.05, 0) is 38.7 Å². The second-order valence-electron chi connectivity index (χ2n) is 4.97. The molecule has 1 N–H and O–H groups in total. The van der Waals surface area contributed by atoms with Crippen LogP contribution in [0.2, 0.25) is 0 Å². The molecule has 1 rings (SSSR count). The summed E-state index contributed by atoms with van der Waals surface area (Å²) in [5, 5.41) is 3.19. The summed E-state index contributed by atoms with van der Waals surface area (Å²) in [7, 11) is 5.24. The molecular formula is C14H20BrFN2O2. The Bertz CT molecular complexity index is 482. The first-order chi connectivity index (χ1) is 9.31. The molecule has 0 aliphatic rings. The van der Waals surface area contributed by atoms with Crippen molar-refractivity contribution in [3.63, 3.8) is 0 Å². The third-order valence-corrected chi connectivity index (χ3v) is 3.76. The van der Waals surface area contributed by atoms with Gasteiger partial charge in [0.15, 0.2) is 0 Å². The van der Waals surface area contributed by atoms with Crippen LogP contribution in [0.1, 0.15) is 12.5 Å². The lowest BCUT2D eigenvalue weighted by molar-refractivity contribution is -0.148. The van der Waals surface area contributed by atoms with E-state index in [-0.39, 0.29) is 5.82 Å². The Hall–Kier alpha value is -0.980. The average molecular weight is 347 g/mol. The molecule has 0 spiro atoms. The predicted octanol–water partition coefficient (Wildman–Crippen LogP) is 2.13. The number of benzene rings is 1. The number of esters is 1. The summed E-state index contributed by atoms with van der Waals surface area (Å²) in [5.41, 5.74) is -0.387. The molecule has 1 atom stereocenters. The van der Waals surface area contributed by atoms with Gasteiger partial charge in [-0.15, -0.1) is 0 Å². The zero-order chi connectivity index (χ0) is 15.3. The maximum Gasteiger partial charge on any atom is 0.330 e. The van der Waals surface area contributed by atoms with Crippen LogP contribution in [0.15, 0.2) is 22.7 Å². The van der Waals surface area contributed by atoms with Gasteiger partial charge >= 0.3 is 5.97 Å². The van der Waals surface area contributed by atoms with Gasteiger partial charge in [-0.1, -0.05) is 22.0 Å². The van der Waals surface area contributed by atoms with Gasteiger partial charge in [-0.25, -0.2) is 9.18 Å². The summed E-state index contributed by atoms with van der Waals surface area (Å²) < 4.78 is 18.6. The van der Waals surface area contributed by atoms with Gasteiger partial charge in [0.05, 0.1) is 7.11 Å². The molecule has 0 amide bonds. The van der Waals surface area contributed by atoms with Crippen LogP contribution in [0, 0.1) is 5.82 Å². The molecule has 0 saturated heterocycles. The van der Waals surface area contributed by atoms with Crippen molar-refractivity contribution < 1.29 is 13.9 Å². The number of hydrogen-bond donors (Lipinski definition) is 1. The summed E-state index contributed by atoms with van der Waals surface area (Å²) in [6.45, 7) is 3.10. The Morgan fingerprint density at radius 2 is 2.15 bits per heavy atom. The van der Waals surface area contributed by atoms with Gasteiger partial charge in [0, 0.05) is 17.6 Å². The van der Waals surface area contributed by atoms with Crippen LogP contribution in [0.4, 0.5) is 4.39 Å². The van der Waals surface area contributed by atoms with Crippen LogP contribution in [0.3, 0.4) is 0 Å². The number of carbonyl (C=O) groups excluding carboxylic acids is 1. The van der Waals surface area contributed by atoms with Crippen LogP contribution in [0.5, 0.6) is 0 Å². The largest absolute Gasteiger partial charge is 0.467 e. The van der Waals surface area contributed by atoms with Crippen molar-refractivity contribution in [1.82, 2.24) is 10.2 Å². The molecule has 1 aromatic rings. The minimum Gasteiger partial charge on any atom is -0.467 e.